The monoisotopic (exact) mass is 372 g/mol. The van der Waals surface area contributed by atoms with Gasteiger partial charge >= 0.3 is 6.09 Å². The van der Waals surface area contributed by atoms with Gasteiger partial charge in [0.15, 0.2) is 14.7 Å². The van der Waals surface area contributed by atoms with Crippen molar-refractivity contribution in [3.8, 4) is 0 Å². The second kappa shape index (κ2) is 6.60. The van der Waals surface area contributed by atoms with Crippen LogP contribution in [0.2, 0.25) is 0 Å². The fourth-order valence-corrected chi connectivity index (χ4v) is 3.61. The molecule has 0 spiro atoms. The molecule has 1 N–H and O–H groups in total. The van der Waals surface area contributed by atoms with Gasteiger partial charge in [-0.2, -0.15) is 0 Å². The summed E-state index contributed by atoms with van der Waals surface area (Å²) in [4.78, 5) is 33.2. The summed E-state index contributed by atoms with van der Waals surface area (Å²) in [5.74, 6) is 0.371. The lowest BCUT2D eigenvalue weighted by atomic mass is 10.2. The number of ether oxygens (including phenoxy) is 1. The van der Waals surface area contributed by atoms with Crippen LogP contribution in [0.15, 0.2) is 9.13 Å². The van der Waals surface area contributed by atoms with E-state index in [4.69, 9.17) is 4.74 Å². The van der Waals surface area contributed by atoms with Gasteiger partial charge in [0.1, 0.15) is 11.4 Å². The number of hydrogen-bond acceptors (Lipinski definition) is 7. The summed E-state index contributed by atoms with van der Waals surface area (Å²) < 4.78 is 18.4. The van der Waals surface area contributed by atoms with E-state index in [2.05, 4.69) is 15.3 Å². The quantitative estimate of drug-likeness (QED) is 0.880. The van der Waals surface area contributed by atoms with E-state index in [1.807, 2.05) is 0 Å². The van der Waals surface area contributed by atoms with Crippen LogP contribution in [0.1, 0.15) is 39.6 Å². The topological polar surface area (TPSA) is 103 Å². The Hall–Kier alpha value is -1.81. The molecule has 2 rings (SSSR count). The smallest absolute Gasteiger partial charge is 0.408 e. The highest BCUT2D eigenvalue weighted by Crippen LogP contribution is 2.21. The van der Waals surface area contributed by atoms with Crippen LogP contribution in [0.3, 0.4) is 0 Å². The van der Waals surface area contributed by atoms with Gasteiger partial charge in [-0.3, -0.25) is 13.6 Å². The number of fused-ring (bicyclic) bond motifs is 1. The molecule has 0 bridgehead atoms. The zero-order valence-electron chi connectivity index (χ0n) is 14.4. The van der Waals surface area contributed by atoms with E-state index >= 15 is 0 Å². The third-order valence-corrected chi connectivity index (χ3v) is 5.30. The maximum absolute atomic E-state index is 12.4. The molecule has 0 saturated carbocycles. The highest BCUT2D eigenvalue weighted by Gasteiger charge is 2.22. The Bertz CT molecular complexity index is 866. The first-order chi connectivity index (χ1) is 11.0. The first-order valence-electron chi connectivity index (χ1n) is 7.20. The number of carbonyl (C=O) groups excluding carboxylic acids is 1. The Kier molecular flexibility index (Phi) is 5.09. The number of nitrogens with zero attached hydrogens (tertiary/aromatic N) is 3. The lowest BCUT2D eigenvalue weighted by molar-refractivity contribution is 0.0505. The van der Waals surface area contributed by atoms with Crippen LogP contribution in [0.25, 0.3) is 10.3 Å². The molecular formula is C14H20N4O4S2. The van der Waals surface area contributed by atoms with Gasteiger partial charge in [0.25, 0.3) is 5.56 Å². The number of carbonyl (C=O) groups is 1. The number of nitrogens with one attached hydrogen (secondary N) is 1. The minimum absolute atomic E-state index is 0.181. The van der Waals surface area contributed by atoms with Gasteiger partial charge in [0, 0.05) is 13.3 Å². The van der Waals surface area contributed by atoms with Crippen LogP contribution in [0, 0.1) is 0 Å². The van der Waals surface area contributed by atoms with Crippen molar-refractivity contribution in [1.82, 2.24) is 19.9 Å². The Labute approximate surface area is 145 Å². The van der Waals surface area contributed by atoms with E-state index in [0.717, 1.165) is 11.3 Å². The van der Waals surface area contributed by atoms with Gasteiger partial charge in [-0.05, 0) is 27.7 Å². The molecule has 0 aromatic carbocycles. The Morgan fingerprint density at radius 1 is 1.38 bits per heavy atom. The van der Waals surface area contributed by atoms with Gasteiger partial charge < -0.3 is 10.1 Å². The molecule has 2 aromatic heterocycles. The lowest BCUT2D eigenvalue weighted by Gasteiger charge is -2.22. The van der Waals surface area contributed by atoms with Gasteiger partial charge in [-0.25, -0.2) is 14.8 Å². The van der Waals surface area contributed by atoms with Gasteiger partial charge in [0.05, 0.1) is 16.8 Å². The number of hydrogen-bond donors (Lipinski definition) is 1. The summed E-state index contributed by atoms with van der Waals surface area (Å²) in [7, 11) is 0.270. The van der Waals surface area contributed by atoms with E-state index in [-0.39, 0.29) is 11.1 Å². The molecule has 2 heterocycles. The van der Waals surface area contributed by atoms with Crippen LogP contribution in [0.5, 0.6) is 0 Å². The number of alkyl carbamates (subject to hydrolysis) is 1. The summed E-state index contributed by atoms with van der Waals surface area (Å²) in [6, 6.07) is -0.542. The molecule has 0 fully saturated rings. The van der Waals surface area contributed by atoms with Crippen LogP contribution >= 0.6 is 11.3 Å². The summed E-state index contributed by atoms with van der Waals surface area (Å²) in [5, 5.41) is 2.66. The summed E-state index contributed by atoms with van der Waals surface area (Å²) in [5.41, 5.74) is -0.785. The molecule has 0 aliphatic carbocycles. The molecule has 0 aliphatic rings. The number of rotatable bonds is 3. The first-order valence-corrected chi connectivity index (χ1v) is 9.57. The maximum atomic E-state index is 12.4. The summed E-state index contributed by atoms with van der Waals surface area (Å²) >= 11 is 1.11. The van der Waals surface area contributed by atoms with Crippen molar-refractivity contribution in [3.05, 3.63) is 16.2 Å². The van der Waals surface area contributed by atoms with E-state index in [9.17, 15) is 13.8 Å². The SMILES string of the molecule is C[C@@H](NC(=O)OC(C)(C)C)c1nc2sc(S(C)=O)nc2c(=O)n1C. The molecule has 132 valence electrons. The fourth-order valence-electron chi connectivity index (χ4n) is 2.01. The van der Waals surface area contributed by atoms with Crippen LogP contribution < -0.4 is 10.9 Å². The van der Waals surface area contributed by atoms with Crippen molar-refractivity contribution < 1.29 is 13.7 Å². The third-order valence-electron chi connectivity index (χ3n) is 3.02. The highest BCUT2D eigenvalue weighted by molar-refractivity contribution is 7.86. The zero-order chi connectivity index (χ0) is 18.2. The lowest BCUT2D eigenvalue weighted by Crippen LogP contribution is -2.36. The van der Waals surface area contributed by atoms with E-state index in [1.54, 1.807) is 34.7 Å². The molecule has 1 unspecified atom stereocenters. The molecule has 0 radical (unpaired) electrons. The molecule has 2 atom stereocenters. The largest absolute Gasteiger partial charge is 0.444 e. The Balaban J connectivity index is 2.38. The predicted molar refractivity (Wildman–Crippen MR) is 92.8 cm³/mol. The Morgan fingerprint density at radius 2 is 2.00 bits per heavy atom. The molecule has 0 saturated heterocycles. The number of thiazole rings is 1. The molecule has 8 nitrogen and oxygen atoms in total. The number of aromatic nitrogens is 3. The van der Waals surface area contributed by atoms with Crippen molar-refractivity contribution in [3.63, 3.8) is 0 Å². The average Bonchev–Trinajstić information content (AvgIpc) is 2.84. The van der Waals surface area contributed by atoms with Crippen molar-refractivity contribution in [1.29, 1.82) is 0 Å². The molecule has 2 aromatic rings. The van der Waals surface area contributed by atoms with Crippen LogP contribution in [-0.2, 0) is 22.6 Å². The first kappa shape index (κ1) is 18.5. The van der Waals surface area contributed by atoms with Gasteiger partial charge in [-0.1, -0.05) is 11.3 Å². The molecule has 24 heavy (non-hydrogen) atoms. The predicted octanol–water partition coefficient (Wildman–Crippen LogP) is 1.71. The third kappa shape index (κ3) is 3.99. The standard InChI is InChI=1S/C14H20N4O4S2/c1-7(15-12(20)22-14(2,3)4)9-17-10-8(11(19)18(9)5)16-13(23-10)24(6)21/h7H,1-6H3,(H,15,20)/t7-,24?/m1/s1. The normalized spacial score (nSPS) is 14.4. The van der Waals surface area contributed by atoms with E-state index in [0.29, 0.717) is 15.0 Å². The van der Waals surface area contributed by atoms with E-state index in [1.165, 1.54) is 10.8 Å². The second-order valence-corrected chi connectivity index (χ2v) is 8.82. The fraction of sp³-hybridized carbons (Fsp3) is 0.571. The average molecular weight is 372 g/mol. The van der Waals surface area contributed by atoms with Crippen LogP contribution in [-0.4, -0.2) is 36.7 Å². The van der Waals surface area contributed by atoms with Crippen molar-refractivity contribution in [2.24, 2.45) is 7.05 Å². The molecule has 0 aliphatic heterocycles. The van der Waals surface area contributed by atoms with Gasteiger partial charge in [-0.15, -0.1) is 0 Å². The highest BCUT2D eigenvalue weighted by atomic mass is 32.2. The number of amides is 1. The maximum Gasteiger partial charge on any atom is 0.408 e. The Morgan fingerprint density at radius 3 is 2.54 bits per heavy atom. The molecular weight excluding hydrogens is 352 g/mol. The van der Waals surface area contributed by atoms with Crippen LogP contribution in [0.4, 0.5) is 4.79 Å². The second-order valence-electron chi connectivity index (χ2n) is 6.29. The minimum Gasteiger partial charge on any atom is -0.444 e. The van der Waals surface area contributed by atoms with E-state index < -0.39 is 28.5 Å². The van der Waals surface area contributed by atoms with Crippen molar-refractivity contribution in [2.75, 3.05) is 6.26 Å². The van der Waals surface area contributed by atoms with Crippen molar-refractivity contribution >= 4 is 38.6 Å². The van der Waals surface area contributed by atoms with Gasteiger partial charge in [0.2, 0.25) is 0 Å². The molecule has 1 amide bonds. The molecule has 10 heteroatoms. The zero-order valence-corrected chi connectivity index (χ0v) is 16.0. The summed E-state index contributed by atoms with van der Waals surface area (Å²) in [6.45, 7) is 7.00. The minimum atomic E-state index is -1.28. The summed E-state index contributed by atoms with van der Waals surface area (Å²) in [6.07, 6.45) is 0.902. The van der Waals surface area contributed by atoms with Crippen molar-refractivity contribution in [2.45, 2.75) is 43.7 Å².